The first-order chi connectivity index (χ1) is 41.6. The van der Waals surface area contributed by atoms with Crippen LogP contribution in [0.15, 0.2) is 85.1 Å². The van der Waals surface area contributed by atoms with Gasteiger partial charge in [-0.2, -0.15) is 0 Å². The highest BCUT2D eigenvalue weighted by molar-refractivity contribution is 5.70. The molecule has 0 aromatic rings. The van der Waals surface area contributed by atoms with E-state index in [0.717, 1.165) is 83.5 Å². The van der Waals surface area contributed by atoms with Crippen LogP contribution in [-0.4, -0.2) is 82.3 Å². The van der Waals surface area contributed by atoms with Crippen LogP contribution in [-0.2, 0) is 33.3 Å². The van der Waals surface area contributed by atoms with Crippen molar-refractivity contribution in [3.05, 3.63) is 85.1 Å². The average molecular weight is 1190 g/mol. The van der Waals surface area contributed by atoms with Gasteiger partial charge in [0.15, 0.2) is 12.4 Å². The Morgan fingerprint density at radius 1 is 0.365 bits per heavy atom. The summed E-state index contributed by atoms with van der Waals surface area (Å²) >= 11 is 0. The standard InChI is InChI=1S/C76H135NO8/c1-6-8-10-12-14-16-18-20-22-24-26-28-29-30-31-32-33-34-35-36-37-38-39-40-41-42-43-44-45-47-49-51-53-55-57-59-61-63-65-67-74(79)85-72(71-84-76(75(80)81)82-69-68-77(3,4)5)70-83-73(78)66-64-62-60-58-56-54-52-50-48-46-27-25-23-21-19-17-15-13-11-9-7-2/h8,10,14,16,19-22,25-28,48,50,72,76H,6-7,9,11-13,15,17-18,23-24,29-47,49,51-71H2,1-5H3/b10-8-,16-14-,21-19-,22-20-,27-25-,28-26-,50-48-. The third kappa shape index (κ3) is 67.8. The van der Waals surface area contributed by atoms with Crippen molar-refractivity contribution >= 4 is 17.9 Å². The Hall–Kier alpha value is -3.53. The first-order valence-corrected chi connectivity index (χ1v) is 35.7. The number of carboxylic acids is 1. The minimum atomic E-state index is -1.63. The van der Waals surface area contributed by atoms with Crippen molar-refractivity contribution in [1.29, 1.82) is 0 Å². The summed E-state index contributed by atoms with van der Waals surface area (Å²) in [5, 5.41) is 11.8. The maximum Gasteiger partial charge on any atom is 0.306 e. The first kappa shape index (κ1) is 81.5. The Morgan fingerprint density at radius 3 is 1.00 bits per heavy atom. The third-order valence-corrected chi connectivity index (χ3v) is 15.6. The largest absolute Gasteiger partial charge is 0.545 e. The smallest absolute Gasteiger partial charge is 0.306 e. The lowest BCUT2D eigenvalue weighted by Gasteiger charge is -2.26. The second kappa shape index (κ2) is 66.4. The second-order valence-electron chi connectivity index (χ2n) is 25.1. The molecule has 0 bridgehead atoms. The summed E-state index contributed by atoms with van der Waals surface area (Å²) in [7, 11) is 5.93. The summed E-state index contributed by atoms with van der Waals surface area (Å²) in [4.78, 5) is 37.5. The van der Waals surface area contributed by atoms with Crippen LogP contribution in [0.3, 0.4) is 0 Å². The number of quaternary nitrogens is 1. The minimum Gasteiger partial charge on any atom is -0.545 e. The van der Waals surface area contributed by atoms with Crippen LogP contribution < -0.4 is 5.11 Å². The average Bonchev–Trinajstić information content (AvgIpc) is 3.49. The van der Waals surface area contributed by atoms with Crippen LogP contribution in [0, 0.1) is 0 Å². The Labute approximate surface area is 525 Å². The van der Waals surface area contributed by atoms with Gasteiger partial charge in [-0.15, -0.1) is 0 Å². The van der Waals surface area contributed by atoms with E-state index in [1.807, 2.05) is 21.1 Å². The molecule has 0 fully saturated rings. The van der Waals surface area contributed by atoms with Gasteiger partial charge in [0.1, 0.15) is 13.2 Å². The van der Waals surface area contributed by atoms with Gasteiger partial charge in [0.05, 0.1) is 40.3 Å². The Bertz CT molecular complexity index is 1670. The number of carbonyl (C=O) groups excluding carboxylic acids is 3. The van der Waals surface area contributed by atoms with Gasteiger partial charge in [0.2, 0.25) is 0 Å². The molecule has 2 unspecified atom stereocenters. The van der Waals surface area contributed by atoms with E-state index < -0.39 is 24.3 Å². The predicted octanol–water partition coefficient (Wildman–Crippen LogP) is 20.9. The van der Waals surface area contributed by atoms with Gasteiger partial charge in [0, 0.05) is 12.8 Å². The Morgan fingerprint density at radius 2 is 0.671 bits per heavy atom. The number of likely N-dealkylation sites (N-methyl/N-ethyl adjacent to an activating group) is 1. The SMILES string of the molecule is CC/C=C\C/C=C\C/C=C\C/C=C\CCCCCCCCCCCCCCCCCCCCCCCCCCCCC(=O)OC(COC(=O)CCCCCCCC/C=C\C/C=C\C/C=C\CCCCCCC)COC(OCC[N+](C)(C)C)C(=O)[O-]. The van der Waals surface area contributed by atoms with E-state index in [4.69, 9.17) is 18.9 Å². The van der Waals surface area contributed by atoms with E-state index >= 15 is 0 Å². The number of esters is 2. The lowest BCUT2D eigenvalue weighted by atomic mass is 10.0. The molecule has 0 aromatic carbocycles. The van der Waals surface area contributed by atoms with Crippen LogP contribution in [0.4, 0.5) is 0 Å². The lowest BCUT2D eigenvalue weighted by molar-refractivity contribution is -0.870. The molecule has 0 aliphatic rings. The van der Waals surface area contributed by atoms with Gasteiger partial charge in [-0.25, -0.2) is 0 Å². The van der Waals surface area contributed by atoms with Gasteiger partial charge in [-0.05, 0) is 89.9 Å². The van der Waals surface area contributed by atoms with E-state index in [9.17, 15) is 19.5 Å². The molecular formula is C76H135NO8. The van der Waals surface area contributed by atoms with Crippen LogP contribution in [0.1, 0.15) is 322 Å². The number of unbranched alkanes of at least 4 members (excludes halogenated alkanes) is 37. The number of ether oxygens (including phenoxy) is 4. The molecule has 2 atom stereocenters. The minimum absolute atomic E-state index is 0.145. The number of hydrogen-bond acceptors (Lipinski definition) is 8. The third-order valence-electron chi connectivity index (χ3n) is 15.6. The molecule has 85 heavy (non-hydrogen) atoms. The van der Waals surface area contributed by atoms with E-state index in [0.29, 0.717) is 17.4 Å². The zero-order chi connectivity index (χ0) is 61.9. The number of rotatable bonds is 66. The monoisotopic (exact) mass is 1190 g/mol. The second-order valence-corrected chi connectivity index (χ2v) is 25.1. The zero-order valence-electron chi connectivity index (χ0n) is 56.2. The predicted molar refractivity (Wildman–Crippen MR) is 361 cm³/mol. The van der Waals surface area contributed by atoms with E-state index in [1.165, 1.54) is 205 Å². The molecule has 0 aliphatic heterocycles. The quantitative estimate of drug-likeness (QED) is 0.0195. The highest BCUT2D eigenvalue weighted by Gasteiger charge is 2.22. The normalized spacial score (nSPS) is 13.2. The van der Waals surface area contributed by atoms with Gasteiger partial charge in [-0.1, -0.05) is 304 Å². The maximum absolute atomic E-state index is 12.9. The number of aliphatic carboxylic acids is 1. The molecule has 0 aliphatic carbocycles. The number of allylic oxidation sites excluding steroid dienone is 14. The lowest BCUT2D eigenvalue weighted by Crippen LogP contribution is -2.44. The van der Waals surface area contributed by atoms with E-state index in [2.05, 4.69) is 98.9 Å². The van der Waals surface area contributed by atoms with Gasteiger partial charge >= 0.3 is 11.9 Å². The molecule has 0 heterocycles. The van der Waals surface area contributed by atoms with Crippen molar-refractivity contribution in [3.63, 3.8) is 0 Å². The summed E-state index contributed by atoms with van der Waals surface area (Å²) < 4.78 is 22.8. The molecule has 0 spiro atoms. The maximum atomic E-state index is 12.9. The van der Waals surface area contributed by atoms with Crippen molar-refractivity contribution in [2.45, 2.75) is 334 Å². The summed E-state index contributed by atoms with van der Waals surface area (Å²) in [5.41, 5.74) is 0. The number of hydrogen-bond donors (Lipinski definition) is 0. The zero-order valence-corrected chi connectivity index (χ0v) is 56.2. The molecule has 0 radical (unpaired) electrons. The van der Waals surface area contributed by atoms with Crippen LogP contribution in [0.25, 0.3) is 0 Å². The van der Waals surface area contributed by atoms with Crippen molar-refractivity contribution in [2.24, 2.45) is 0 Å². The van der Waals surface area contributed by atoms with Crippen LogP contribution >= 0.6 is 0 Å². The van der Waals surface area contributed by atoms with Gasteiger partial charge in [0.25, 0.3) is 0 Å². The van der Waals surface area contributed by atoms with Crippen LogP contribution in [0.2, 0.25) is 0 Å². The number of nitrogens with zero attached hydrogens (tertiary/aromatic N) is 1. The number of carbonyl (C=O) groups is 3. The molecule has 0 saturated carbocycles. The highest BCUT2D eigenvalue weighted by Crippen LogP contribution is 2.18. The summed E-state index contributed by atoms with van der Waals surface area (Å²) in [6.07, 6.45) is 86.8. The molecule has 0 saturated heterocycles. The summed E-state index contributed by atoms with van der Waals surface area (Å²) in [5.74, 6) is -2.29. The Kier molecular flexibility index (Phi) is 63.7. The summed E-state index contributed by atoms with van der Waals surface area (Å²) in [6, 6.07) is 0. The fourth-order valence-electron chi connectivity index (χ4n) is 10.2. The fraction of sp³-hybridized carbons (Fsp3) is 0.776. The topological polar surface area (TPSA) is 111 Å². The summed E-state index contributed by atoms with van der Waals surface area (Å²) in [6.45, 7) is 4.64. The molecule has 0 rings (SSSR count). The highest BCUT2D eigenvalue weighted by atomic mass is 16.7. The molecule has 0 amide bonds. The van der Waals surface area contributed by atoms with E-state index in [-0.39, 0.29) is 38.6 Å². The van der Waals surface area contributed by atoms with Crippen LogP contribution in [0.5, 0.6) is 0 Å². The van der Waals surface area contributed by atoms with Crippen molar-refractivity contribution in [3.8, 4) is 0 Å². The van der Waals surface area contributed by atoms with Gasteiger partial charge < -0.3 is 33.3 Å². The first-order valence-electron chi connectivity index (χ1n) is 35.7. The molecule has 9 nitrogen and oxygen atoms in total. The number of carboxylic acid groups (broad SMARTS) is 1. The molecule has 0 N–H and O–H groups in total. The fourth-order valence-corrected chi connectivity index (χ4v) is 10.2. The Balaban J connectivity index is 4.01. The van der Waals surface area contributed by atoms with Gasteiger partial charge in [-0.3, -0.25) is 9.59 Å². The molecule has 0 aromatic heterocycles. The van der Waals surface area contributed by atoms with Crippen molar-refractivity contribution < 1.29 is 42.9 Å². The molecule has 492 valence electrons. The molecule has 9 heteroatoms. The van der Waals surface area contributed by atoms with E-state index in [1.54, 1.807) is 0 Å². The van der Waals surface area contributed by atoms with Crippen molar-refractivity contribution in [1.82, 2.24) is 0 Å². The molecular weight excluding hydrogens is 1050 g/mol. The van der Waals surface area contributed by atoms with Crippen molar-refractivity contribution in [2.75, 3.05) is 47.5 Å².